The van der Waals surface area contributed by atoms with Crippen LogP contribution >= 0.6 is 15.9 Å². The third-order valence-electron chi connectivity index (χ3n) is 4.01. The lowest BCUT2D eigenvalue weighted by atomic mass is 10.0. The van der Waals surface area contributed by atoms with E-state index in [0.717, 1.165) is 25.5 Å². The minimum atomic E-state index is -3.71. The van der Waals surface area contributed by atoms with Crippen LogP contribution in [-0.2, 0) is 14.8 Å². The number of sulfonamides is 1. The van der Waals surface area contributed by atoms with Crippen molar-refractivity contribution >= 4 is 31.9 Å². The fourth-order valence-electron chi connectivity index (χ4n) is 2.70. The highest BCUT2D eigenvalue weighted by atomic mass is 79.9. The van der Waals surface area contributed by atoms with Gasteiger partial charge >= 0.3 is 0 Å². The number of hydrogen-bond acceptors (Lipinski definition) is 3. The van der Waals surface area contributed by atoms with E-state index in [-0.39, 0.29) is 23.4 Å². The van der Waals surface area contributed by atoms with Crippen molar-refractivity contribution in [3.8, 4) is 0 Å². The second kappa shape index (κ2) is 8.33. The van der Waals surface area contributed by atoms with Crippen molar-refractivity contribution in [2.24, 2.45) is 0 Å². The molecule has 7 heteroatoms. The molecule has 1 unspecified atom stereocenters. The van der Waals surface area contributed by atoms with Gasteiger partial charge in [0.25, 0.3) is 0 Å². The average Bonchev–Trinajstić information content (AvgIpc) is 2.54. The molecule has 0 bridgehead atoms. The van der Waals surface area contributed by atoms with E-state index in [2.05, 4.69) is 27.3 Å². The number of rotatable bonds is 6. The lowest BCUT2D eigenvalue weighted by molar-refractivity contribution is -0.121. The van der Waals surface area contributed by atoms with Crippen LogP contribution in [0.15, 0.2) is 51.8 Å². The lowest BCUT2D eigenvalue weighted by Crippen LogP contribution is -2.39. The molecule has 1 atom stereocenters. The van der Waals surface area contributed by atoms with Gasteiger partial charge in [0.05, 0.1) is 17.5 Å². The summed E-state index contributed by atoms with van der Waals surface area (Å²) in [5, 5.41) is 2.86. The molecule has 1 N–H and O–H groups in total. The monoisotopic (exact) mass is 438 g/mol. The smallest absolute Gasteiger partial charge is 0.243 e. The molecular weight excluding hydrogens is 416 g/mol. The Morgan fingerprint density at radius 3 is 2.19 bits per heavy atom. The van der Waals surface area contributed by atoms with Crippen LogP contribution in [0.5, 0.6) is 0 Å². The maximum Gasteiger partial charge on any atom is 0.243 e. The van der Waals surface area contributed by atoms with E-state index < -0.39 is 10.0 Å². The zero-order valence-electron chi connectivity index (χ0n) is 15.3. The predicted octanol–water partition coefficient (Wildman–Crippen LogP) is 3.56. The Morgan fingerprint density at radius 2 is 1.65 bits per heavy atom. The Morgan fingerprint density at radius 1 is 1.12 bits per heavy atom. The van der Waals surface area contributed by atoms with E-state index in [0.29, 0.717) is 0 Å². The van der Waals surface area contributed by atoms with Gasteiger partial charge < -0.3 is 5.32 Å². The second-order valence-corrected chi connectivity index (χ2v) is 9.39. The van der Waals surface area contributed by atoms with Gasteiger partial charge in [-0.2, -0.15) is 4.31 Å². The molecule has 0 fully saturated rings. The zero-order chi connectivity index (χ0) is 19.5. The number of nitrogens with one attached hydrogen (secondary N) is 1. The van der Waals surface area contributed by atoms with E-state index in [1.807, 2.05) is 32.9 Å². The van der Waals surface area contributed by atoms with Crippen LogP contribution in [-0.4, -0.2) is 32.2 Å². The first-order valence-electron chi connectivity index (χ1n) is 8.19. The number of hydrogen-bond donors (Lipinski definition) is 1. The number of likely N-dealkylation sites (N-methyl/N-ethyl adjacent to an activating group) is 1. The normalized spacial score (nSPS) is 12.8. The Balaban J connectivity index is 2.05. The van der Waals surface area contributed by atoms with Crippen LogP contribution in [0.3, 0.4) is 0 Å². The highest BCUT2D eigenvalue weighted by Gasteiger charge is 2.23. The number of carbonyl (C=O) groups excluding carboxylic acids is 1. The van der Waals surface area contributed by atoms with E-state index in [4.69, 9.17) is 0 Å². The maximum atomic E-state index is 12.6. The van der Waals surface area contributed by atoms with Crippen LogP contribution in [0.25, 0.3) is 0 Å². The van der Waals surface area contributed by atoms with Gasteiger partial charge in [0.1, 0.15) is 0 Å². The minimum Gasteiger partial charge on any atom is -0.348 e. The molecule has 0 aromatic heterocycles. The zero-order valence-corrected chi connectivity index (χ0v) is 17.7. The summed E-state index contributed by atoms with van der Waals surface area (Å²) in [6, 6.07) is 12.2. The molecule has 0 aliphatic heterocycles. The molecule has 0 saturated heterocycles. The van der Waals surface area contributed by atoms with Gasteiger partial charge in [-0.3, -0.25) is 4.79 Å². The van der Waals surface area contributed by atoms with Crippen molar-refractivity contribution in [3.63, 3.8) is 0 Å². The predicted molar refractivity (Wildman–Crippen MR) is 106 cm³/mol. The summed E-state index contributed by atoms with van der Waals surface area (Å²) in [5.41, 5.74) is 3.24. The standard InChI is InChI=1S/C19H23BrN2O3S/c1-13-9-14(2)11-16(10-13)15(3)21-19(23)12-22(4)26(24,25)18-7-5-17(20)6-8-18/h5-11,15H,12H2,1-4H3,(H,21,23). The molecule has 2 aromatic carbocycles. The molecule has 5 nitrogen and oxygen atoms in total. The van der Waals surface area contributed by atoms with E-state index in [9.17, 15) is 13.2 Å². The van der Waals surface area contributed by atoms with Gasteiger partial charge in [-0.25, -0.2) is 8.42 Å². The number of aryl methyl sites for hydroxylation is 2. The Hall–Kier alpha value is -1.70. The molecule has 140 valence electrons. The number of nitrogens with zero attached hydrogens (tertiary/aromatic N) is 1. The molecule has 0 aliphatic rings. The van der Waals surface area contributed by atoms with Gasteiger partial charge in [-0.1, -0.05) is 45.3 Å². The van der Waals surface area contributed by atoms with Gasteiger partial charge in [0.15, 0.2) is 0 Å². The Kier molecular flexibility index (Phi) is 6.60. The molecule has 0 aliphatic carbocycles. The van der Waals surface area contributed by atoms with Crippen molar-refractivity contribution in [2.75, 3.05) is 13.6 Å². The minimum absolute atomic E-state index is 0.151. The fraction of sp³-hybridized carbons (Fsp3) is 0.316. The quantitative estimate of drug-likeness (QED) is 0.749. The van der Waals surface area contributed by atoms with E-state index in [1.165, 1.54) is 19.2 Å². The van der Waals surface area contributed by atoms with Crippen molar-refractivity contribution in [3.05, 3.63) is 63.6 Å². The van der Waals surface area contributed by atoms with Gasteiger partial charge in [0.2, 0.25) is 15.9 Å². The highest BCUT2D eigenvalue weighted by molar-refractivity contribution is 9.10. The number of benzene rings is 2. The summed E-state index contributed by atoms with van der Waals surface area (Å²) in [4.78, 5) is 12.5. The summed E-state index contributed by atoms with van der Waals surface area (Å²) in [5.74, 6) is -0.347. The van der Waals surface area contributed by atoms with Crippen LogP contribution in [0.4, 0.5) is 0 Å². The molecule has 1 amide bonds. The molecular formula is C19H23BrN2O3S. The summed E-state index contributed by atoms with van der Waals surface area (Å²) >= 11 is 3.28. The first-order valence-corrected chi connectivity index (χ1v) is 10.4. The Bertz CT molecular complexity index is 875. The molecule has 2 aromatic rings. The molecule has 0 heterocycles. The molecule has 26 heavy (non-hydrogen) atoms. The van der Waals surface area contributed by atoms with Crippen LogP contribution in [0.1, 0.15) is 29.7 Å². The third-order valence-corrected chi connectivity index (χ3v) is 6.36. The molecule has 0 saturated carbocycles. The maximum absolute atomic E-state index is 12.6. The summed E-state index contributed by atoms with van der Waals surface area (Å²) in [7, 11) is -2.31. The fourth-order valence-corrected chi connectivity index (χ4v) is 4.10. The average molecular weight is 439 g/mol. The topological polar surface area (TPSA) is 66.5 Å². The summed E-state index contributed by atoms with van der Waals surface area (Å²) < 4.78 is 27.0. The summed E-state index contributed by atoms with van der Waals surface area (Å²) in [6.45, 7) is 5.65. The van der Waals surface area contributed by atoms with Crippen molar-refractivity contribution in [1.29, 1.82) is 0 Å². The Labute approximate surface area is 163 Å². The van der Waals surface area contributed by atoms with Crippen LogP contribution < -0.4 is 5.32 Å². The van der Waals surface area contributed by atoms with Gasteiger partial charge in [0, 0.05) is 11.5 Å². The van der Waals surface area contributed by atoms with Crippen LogP contribution in [0, 0.1) is 13.8 Å². The number of carbonyl (C=O) groups is 1. The molecule has 2 rings (SSSR count). The van der Waals surface area contributed by atoms with E-state index >= 15 is 0 Å². The molecule has 0 radical (unpaired) electrons. The third kappa shape index (κ3) is 5.16. The van der Waals surface area contributed by atoms with E-state index in [1.54, 1.807) is 12.1 Å². The largest absolute Gasteiger partial charge is 0.348 e. The number of amides is 1. The molecule has 0 spiro atoms. The van der Waals surface area contributed by atoms with Crippen molar-refractivity contribution in [1.82, 2.24) is 9.62 Å². The lowest BCUT2D eigenvalue weighted by Gasteiger charge is -2.20. The highest BCUT2D eigenvalue weighted by Crippen LogP contribution is 2.19. The second-order valence-electron chi connectivity index (χ2n) is 6.43. The van der Waals surface area contributed by atoms with Crippen molar-refractivity contribution < 1.29 is 13.2 Å². The first-order chi connectivity index (χ1) is 12.1. The van der Waals surface area contributed by atoms with Gasteiger partial charge in [-0.05, 0) is 50.6 Å². The first kappa shape index (κ1) is 20.6. The SMILES string of the molecule is Cc1cc(C)cc(C(C)NC(=O)CN(C)S(=O)(=O)c2ccc(Br)cc2)c1. The summed E-state index contributed by atoms with van der Waals surface area (Å²) in [6.07, 6.45) is 0. The van der Waals surface area contributed by atoms with Gasteiger partial charge in [-0.15, -0.1) is 0 Å². The van der Waals surface area contributed by atoms with Crippen molar-refractivity contribution in [2.45, 2.75) is 31.7 Å². The van der Waals surface area contributed by atoms with Crippen LogP contribution in [0.2, 0.25) is 0 Å². The number of halogens is 1.